The number of piperidine rings is 1. The van der Waals surface area contributed by atoms with E-state index in [0.717, 1.165) is 51.8 Å². The van der Waals surface area contributed by atoms with Gasteiger partial charge >= 0.3 is 12.1 Å². The van der Waals surface area contributed by atoms with Crippen molar-refractivity contribution in [3.05, 3.63) is 18.5 Å². The van der Waals surface area contributed by atoms with Gasteiger partial charge in [0.1, 0.15) is 0 Å². The van der Waals surface area contributed by atoms with Crippen molar-refractivity contribution < 1.29 is 32.6 Å². The Labute approximate surface area is 178 Å². The van der Waals surface area contributed by atoms with Crippen LogP contribution < -0.4 is 5.32 Å². The van der Waals surface area contributed by atoms with Gasteiger partial charge in [-0.1, -0.05) is 6.92 Å². The monoisotopic (exact) mass is 444 g/mol. The van der Waals surface area contributed by atoms with Gasteiger partial charge in [0.15, 0.2) is 0 Å². The molecule has 1 aliphatic carbocycles. The lowest BCUT2D eigenvalue weighted by Crippen LogP contribution is -2.53. The highest BCUT2D eigenvalue weighted by Crippen LogP contribution is 2.41. The van der Waals surface area contributed by atoms with Gasteiger partial charge in [-0.05, 0) is 44.1 Å². The van der Waals surface area contributed by atoms with Crippen LogP contribution in [0.2, 0.25) is 0 Å². The maximum Gasteiger partial charge on any atom is 0.490 e. The molecule has 1 aromatic rings. The molecule has 3 unspecified atom stereocenters. The van der Waals surface area contributed by atoms with E-state index in [1.807, 2.05) is 6.07 Å². The number of alkyl halides is 3. The van der Waals surface area contributed by atoms with Gasteiger partial charge in [0.25, 0.3) is 0 Å². The Hall–Kier alpha value is -2.43. The maximum absolute atomic E-state index is 12.4. The average Bonchev–Trinajstić information content (AvgIpc) is 3.45. The lowest BCUT2D eigenvalue weighted by Gasteiger charge is -2.46. The lowest BCUT2D eigenvalue weighted by atomic mass is 9.82. The molecule has 3 heterocycles. The quantitative estimate of drug-likeness (QED) is 0.739. The van der Waals surface area contributed by atoms with Crippen LogP contribution in [-0.4, -0.2) is 69.4 Å². The van der Waals surface area contributed by atoms with E-state index in [1.54, 1.807) is 12.4 Å². The van der Waals surface area contributed by atoms with Crippen molar-refractivity contribution in [3.63, 3.8) is 0 Å². The first-order valence-electron chi connectivity index (χ1n) is 10.4. The molecule has 0 radical (unpaired) electrons. The van der Waals surface area contributed by atoms with Crippen LogP contribution in [0.15, 0.2) is 18.5 Å². The number of amides is 1. The molecule has 2 N–H and O–H groups in total. The highest BCUT2D eigenvalue weighted by Gasteiger charge is 2.45. The number of carbonyl (C=O) groups excluding carboxylic acids is 1. The zero-order valence-electron chi connectivity index (χ0n) is 17.3. The molecule has 31 heavy (non-hydrogen) atoms. The Morgan fingerprint density at radius 3 is 2.35 bits per heavy atom. The van der Waals surface area contributed by atoms with Crippen LogP contribution in [0.1, 0.15) is 39.0 Å². The zero-order chi connectivity index (χ0) is 22.6. The van der Waals surface area contributed by atoms with E-state index in [4.69, 9.17) is 14.6 Å². The van der Waals surface area contributed by atoms with Crippen LogP contribution in [-0.2, 0) is 14.3 Å². The third-order valence-electron chi connectivity index (χ3n) is 6.05. The summed E-state index contributed by atoms with van der Waals surface area (Å²) in [5, 5.41) is 10.6. The molecule has 1 spiro atoms. The molecule has 4 rings (SSSR count). The number of anilines is 1. The molecular weight excluding hydrogens is 417 g/mol. The number of aromatic nitrogens is 2. The van der Waals surface area contributed by atoms with Crippen molar-refractivity contribution in [2.75, 3.05) is 25.0 Å². The number of ether oxygens (including phenoxy) is 1. The normalized spacial score (nSPS) is 27.1. The van der Waals surface area contributed by atoms with E-state index >= 15 is 0 Å². The summed E-state index contributed by atoms with van der Waals surface area (Å²) >= 11 is 0. The maximum atomic E-state index is 12.4. The SMILES string of the molecule is CC1CC1C(=O)N1CCC2(CC1)CC(Nc1ncccn1)CCO2.O=C(O)C(F)(F)F. The molecule has 1 aromatic heterocycles. The fraction of sp³-hybridized carbons (Fsp3) is 0.700. The Bertz CT molecular complexity index is 769. The van der Waals surface area contributed by atoms with Gasteiger partial charge in [-0.2, -0.15) is 13.2 Å². The van der Waals surface area contributed by atoms with Crippen LogP contribution in [0.25, 0.3) is 0 Å². The second-order valence-electron chi connectivity index (χ2n) is 8.39. The topological polar surface area (TPSA) is 105 Å². The summed E-state index contributed by atoms with van der Waals surface area (Å²) in [6, 6.07) is 2.16. The summed E-state index contributed by atoms with van der Waals surface area (Å²) in [4.78, 5) is 31.9. The Morgan fingerprint density at radius 2 is 1.84 bits per heavy atom. The lowest BCUT2D eigenvalue weighted by molar-refractivity contribution is -0.192. The minimum atomic E-state index is -5.08. The highest BCUT2D eigenvalue weighted by atomic mass is 19.4. The first-order valence-corrected chi connectivity index (χ1v) is 10.4. The highest BCUT2D eigenvalue weighted by molar-refractivity contribution is 5.81. The van der Waals surface area contributed by atoms with Crippen LogP contribution in [0.5, 0.6) is 0 Å². The second-order valence-corrected chi connectivity index (χ2v) is 8.39. The fourth-order valence-electron chi connectivity index (χ4n) is 4.09. The third kappa shape index (κ3) is 6.28. The molecule has 1 saturated carbocycles. The standard InChI is InChI=1S/C18H26N4O2.C2HF3O2/c1-13-11-15(13)16(23)22-8-4-18(5-9-22)12-14(3-10-24-18)21-17-19-6-2-7-20-17;3-2(4,5)1(6)7/h2,6-7,13-15H,3-5,8-12H2,1H3,(H,19,20,21);(H,6,7). The smallest absolute Gasteiger partial charge is 0.475 e. The molecular formula is C20H27F3N4O4. The number of nitrogens with one attached hydrogen (secondary N) is 1. The molecule has 8 nitrogen and oxygen atoms in total. The number of nitrogens with zero attached hydrogens (tertiary/aromatic N) is 3. The number of carboxylic acid groups (broad SMARTS) is 1. The number of hydrogen-bond acceptors (Lipinski definition) is 6. The number of aliphatic carboxylic acids is 1. The van der Waals surface area contributed by atoms with E-state index in [2.05, 4.69) is 27.1 Å². The first-order chi connectivity index (χ1) is 14.6. The molecule has 0 aromatic carbocycles. The van der Waals surface area contributed by atoms with Gasteiger partial charge in [-0.15, -0.1) is 0 Å². The van der Waals surface area contributed by atoms with Crippen LogP contribution >= 0.6 is 0 Å². The predicted octanol–water partition coefficient (Wildman–Crippen LogP) is 2.72. The number of rotatable bonds is 3. The van der Waals surface area contributed by atoms with Gasteiger partial charge in [-0.25, -0.2) is 14.8 Å². The van der Waals surface area contributed by atoms with Gasteiger partial charge in [-0.3, -0.25) is 4.79 Å². The largest absolute Gasteiger partial charge is 0.490 e. The van der Waals surface area contributed by atoms with Gasteiger partial charge in [0, 0.05) is 44.0 Å². The Kier molecular flexibility index (Phi) is 7.03. The van der Waals surface area contributed by atoms with Crippen LogP contribution in [0, 0.1) is 11.8 Å². The van der Waals surface area contributed by atoms with Gasteiger partial charge in [0.05, 0.1) is 5.60 Å². The van der Waals surface area contributed by atoms with E-state index in [9.17, 15) is 18.0 Å². The molecule has 172 valence electrons. The van der Waals surface area contributed by atoms with Crippen molar-refractivity contribution in [1.29, 1.82) is 0 Å². The summed E-state index contributed by atoms with van der Waals surface area (Å²) in [5.41, 5.74) is -0.0867. The number of carboxylic acids is 1. The molecule has 2 aliphatic heterocycles. The Morgan fingerprint density at radius 1 is 1.26 bits per heavy atom. The van der Waals surface area contributed by atoms with Gasteiger partial charge < -0.3 is 20.1 Å². The summed E-state index contributed by atoms with van der Waals surface area (Å²) in [6.07, 6.45) is 3.32. The molecule has 0 bridgehead atoms. The first kappa shape index (κ1) is 23.2. The summed E-state index contributed by atoms with van der Waals surface area (Å²) in [7, 11) is 0. The molecule has 11 heteroatoms. The average molecular weight is 444 g/mol. The van der Waals surface area contributed by atoms with Crippen molar-refractivity contribution in [2.24, 2.45) is 11.8 Å². The number of hydrogen-bond donors (Lipinski definition) is 2. The van der Waals surface area contributed by atoms with Crippen molar-refractivity contribution in [3.8, 4) is 0 Å². The number of carbonyl (C=O) groups is 2. The second kappa shape index (κ2) is 9.37. The minimum absolute atomic E-state index is 0.0867. The van der Waals surface area contributed by atoms with Crippen LogP contribution in [0.4, 0.5) is 19.1 Å². The molecule has 2 saturated heterocycles. The Balaban J connectivity index is 0.000000339. The van der Waals surface area contributed by atoms with E-state index in [-0.39, 0.29) is 11.5 Å². The number of halogens is 3. The number of likely N-dealkylation sites (tertiary alicyclic amines) is 1. The van der Waals surface area contributed by atoms with E-state index in [0.29, 0.717) is 23.8 Å². The third-order valence-corrected chi connectivity index (χ3v) is 6.05. The van der Waals surface area contributed by atoms with Crippen molar-refractivity contribution >= 4 is 17.8 Å². The summed E-state index contributed by atoms with van der Waals surface area (Å²) in [5.74, 6) is -0.836. The van der Waals surface area contributed by atoms with E-state index < -0.39 is 12.1 Å². The van der Waals surface area contributed by atoms with Crippen molar-refractivity contribution in [1.82, 2.24) is 14.9 Å². The summed E-state index contributed by atoms with van der Waals surface area (Å²) < 4.78 is 37.9. The van der Waals surface area contributed by atoms with Crippen LogP contribution in [0.3, 0.4) is 0 Å². The fourth-order valence-corrected chi connectivity index (χ4v) is 4.09. The van der Waals surface area contributed by atoms with E-state index in [1.165, 1.54) is 0 Å². The van der Waals surface area contributed by atoms with Gasteiger partial charge in [0.2, 0.25) is 11.9 Å². The zero-order valence-corrected chi connectivity index (χ0v) is 17.3. The molecule has 3 atom stereocenters. The molecule has 1 amide bonds. The minimum Gasteiger partial charge on any atom is -0.475 e. The molecule has 3 fully saturated rings. The predicted molar refractivity (Wildman–Crippen MR) is 104 cm³/mol. The summed E-state index contributed by atoms with van der Waals surface area (Å²) in [6.45, 7) is 4.59. The van der Waals surface area contributed by atoms with Crippen molar-refractivity contribution in [2.45, 2.75) is 56.8 Å². The molecule has 3 aliphatic rings.